The molecule has 0 bridgehead atoms. The summed E-state index contributed by atoms with van der Waals surface area (Å²) in [6.45, 7) is 0. The van der Waals surface area contributed by atoms with Crippen molar-refractivity contribution in [3.63, 3.8) is 0 Å². The van der Waals surface area contributed by atoms with Gasteiger partial charge in [0.05, 0.1) is 7.11 Å². The van der Waals surface area contributed by atoms with Crippen molar-refractivity contribution in [1.29, 1.82) is 0 Å². The van der Waals surface area contributed by atoms with Crippen molar-refractivity contribution in [2.24, 2.45) is 5.73 Å². The molecule has 0 unspecified atom stereocenters. The summed E-state index contributed by atoms with van der Waals surface area (Å²) in [5, 5.41) is 0.388. The molecule has 76 valence electrons. The van der Waals surface area contributed by atoms with Gasteiger partial charge in [-0.25, -0.2) is 4.98 Å². The van der Waals surface area contributed by atoms with Gasteiger partial charge in [0.1, 0.15) is 11.2 Å². The zero-order valence-electron chi connectivity index (χ0n) is 7.74. The van der Waals surface area contributed by atoms with Gasteiger partial charge in [0, 0.05) is 12.1 Å². The van der Waals surface area contributed by atoms with Gasteiger partial charge in [-0.3, -0.25) is 4.79 Å². The Hall–Kier alpha value is -1.13. The smallest absolute Gasteiger partial charge is 0.323 e. The molecule has 0 aliphatic carbocycles. The summed E-state index contributed by atoms with van der Waals surface area (Å²) < 4.78 is 4.49. The minimum absolute atomic E-state index is 0.327. The number of aromatic nitrogens is 1. The number of pyridine rings is 1. The third kappa shape index (κ3) is 2.97. The van der Waals surface area contributed by atoms with Crippen LogP contribution in [0.2, 0.25) is 5.15 Å². The minimum atomic E-state index is -0.689. The third-order valence-electron chi connectivity index (χ3n) is 1.71. The van der Waals surface area contributed by atoms with Crippen molar-refractivity contribution >= 4 is 17.6 Å². The normalized spacial score (nSPS) is 12.2. The van der Waals surface area contributed by atoms with Crippen LogP contribution in [0.4, 0.5) is 0 Å². The van der Waals surface area contributed by atoms with E-state index in [2.05, 4.69) is 9.72 Å². The average molecular weight is 215 g/mol. The van der Waals surface area contributed by atoms with E-state index in [4.69, 9.17) is 17.3 Å². The number of hydrogen-bond acceptors (Lipinski definition) is 4. The first-order chi connectivity index (χ1) is 6.63. The predicted octanol–water partition coefficient (Wildman–Crippen LogP) is 0.778. The topological polar surface area (TPSA) is 65.2 Å². The Kier molecular flexibility index (Phi) is 3.85. The fourth-order valence-electron chi connectivity index (χ4n) is 1.02. The predicted molar refractivity (Wildman–Crippen MR) is 52.9 cm³/mol. The second kappa shape index (κ2) is 4.93. The molecule has 0 fully saturated rings. The molecular formula is C9H11ClN2O2. The van der Waals surface area contributed by atoms with Crippen LogP contribution in [0.3, 0.4) is 0 Å². The van der Waals surface area contributed by atoms with Gasteiger partial charge in [-0.15, -0.1) is 0 Å². The maximum atomic E-state index is 11.0. The first-order valence-electron chi connectivity index (χ1n) is 4.08. The van der Waals surface area contributed by atoms with Crippen molar-refractivity contribution in [2.75, 3.05) is 7.11 Å². The lowest BCUT2D eigenvalue weighted by Gasteiger charge is -2.08. The summed E-state index contributed by atoms with van der Waals surface area (Å²) in [4.78, 5) is 15.0. The van der Waals surface area contributed by atoms with Gasteiger partial charge in [-0.05, 0) is 12.1 Å². The minimum Gasteiger partial charge on any atom is -0.468 e. The van der Waals surface area contributed by atoms with E-state index in [-0.39, 0.29) is 0 Å². The van der Waals surface area contributed by atoms with Crippen molar-refractivity contribution in [2.45, 2.75) is 12.5 Å². The lowest BCUT2D eigenvalue weighted by atomic mass is 10.1. The molecule has 4 nitrogen and oxygen atoms in total. The number of halogens is 1. The number of esters is 1. The Morgan fingerprint density at radius 2 is 2.43 bits per heavy atom. The van der Waals surface area contributed by atoms with E-state index < -0.39 is 12.0 Å². The van der Waals surface area contributed by atoms with Crippen molar-refractivity contribution in [3.8, 4) is 0 Å². The van der Waals surface area contributed by atoms with Gasteiger partial charge in [-0.2, -0.15) is 0 Å². The summed E-state index contributed by atoms with van der Waals surface area (Å²) in [6, 6.07) is 4.49. The molecule has 5 heteroatoms. The molecule has 1 aromatic heterocycles. The molecule has 1 atom stereocenters. The van der Waals surface area contributed by atoms with Crippen LogP contribution in [0, 0.1) is 0 Å². The molecule has 0 radical (unpaired) electrons. The molecule has 1 rings (SSSR count). The molecule has 2 N–H and O–H groups in total. The molecule has 1 heterocycles. The van der Waals surface area contributed by atoms with Crippen LogP contribution in [-0.2, 0) is 16.0 Å². The van der Waals surface area contributed by atoms with Gasteiger partial charge in [0.25, 0.3) is 0 Å². The fourth-order valence-corrected chi connectivity index (χ4v) is 1.21. The average Bonchev–Trinajstić information content (AvgIpc) is 2.16. The maximum Gasteiger partial charge on any atom is 0.323 e. The quantitative estimate of drug-likeness (QED) is 0.597. The van der Waals surface area contributed by atoms with Crippen LogP contribution in [0.25, 0.3) is 0 Å². The summed E-state index contributed by atoms with van der Waals surface area (Å²) >= 11 is 5.67. The van der Waals surface area contributed by atoms with Crippen LogP contribution in [0.5, 0.6) is 0 Å². The van der Waals surface area contributed by atoms with E-state index in [1.54, 1.807) is 18.2 Å². The first kappa shape index (κ1) is 10.9. The number of nitrogens with two attached hydrogens (primary N) is 1. The second-order valence-electron chi connectivity index (χ2n) is 2.79. The SMILES string of the molecule is COC(=O)[C@@H](N)Cc1cccc(Cl)n1. The number of methoxy groups -OCH3 is 1. The van der Waals surface area contributed by atoms with E-state index in [1.165, 1.54) is 7.11 Å². The Balaban J connectivity index is 2.64. The lowest BCUT2D eigenvalue weighted by Crippen LogP contribution is -2.33. The molecule has 0 saturated carbocycles. The highest BCUT2D eigenvalue weighted by atomic mass is 35.5. The van der Waals surface area contributed by atoms with Crippen LogP contribution in [0.15, 0.2) is 18.2 Å². The van der Waals surface area contributed by atoms with Gasteiger partial charge < -0.3 is 10.5 Å². The Bertz CT molecular complexity index is 330. The van der Waals surface area contributed by atoms with Gasteiger partial charge in [-0.1, -0.05) is 17.7 Å². The number of carbonyl (C=O) groups is 1. The van der Waals surface area contributed by atoms with E-state index in [0.717, 1.165) is 0 Å². The zero-order chi connectivity index (χ0) is 10.6. The largest absolute Gasteiger partial charge is 0.468 e. The Morgan fingerprint density at radius 3 is 3.00 bits per heavy atom. The van der Waals surface area contributed by atoms with Gasteiger partial charge in [0.2, 0.25) is 0 Å². The van der Waals surface area contributed by atoms with Crippen molar-refractivity contribution < 1.29 is 9.53 Å². The molecular weight excluding hydrogens is 204 g/mol. The summed E-state index contributed by atoms with van der Waals surface area (Å²) in [5.74, 6) is -0.452. The Morgan fingerprint density at radius 1 is 1.71 bits per heavy atom. The monoisotopic (exact) mass is 214 g/mol. The molecule has 0 aliphatic rings. The number of rotatable bonds is 3. The third-order valence-corrected chi connectivity index (χ3v) is 1.92. The highest BCUT2D eigenvalue weighted by molar-refractivity contribution is 6.29. The molecule has 0 aromatic carbocycles. The number of carbonyl (C=O) groups excluding carboxylic acids is 1. The maximum absolute atomic E-state index is 11.0. The molecule has 0 saturated heterocycles. The number of nitrogens with zero attached hydrogens (tertiary/aromatic N) is 1. The van der Waals surface area contributed by atoms with E-state index in [0.29, 0.717) is 17.3 Å². The molecule has 0 amide bonds. The van der Waals surface area contributed by atoms with Gasteiger partial charge in [0.15, 0.2) is 0 Å². The standard InChI is InChI=1S/C9H11ClN2O2/c1-14-9(13)7(11)5-6-3-2-4-8(10)12-6/h2-4,7H,5,11H2,1H3/t7-/m0/s1. The molecule has 0 aliphatic heterocycles. The van der Waals surface area contributed by atoms with Crippen molar-refractivity contribution in [3.05, 3.63) is 29.0 Å². The van der Waals surface area contributed by atoms with Gasteiger partial charge >= 0.3 is 5.97 Å². The zero-order valence-corrected chi connectivity index (χ0v) is 8.49. The first-order valence-corrected chi connectivity index (χ1v) is 4.46. The molecule has 0 spiro atoms. The van der Waals surface area contributed by atoms with Crippen LogP contribution < -0.4 is 5.73 Å². The number of hydrogen-bond donors (Lipinski definition) is 1. The molecule has 1 aromatic rings. The number of ether oxygens (including phenoxy) is 1. The summed E-state index contributed by atoms with van der Waals surface area (Å²) in [5.41, 5.74) is 6.23. The summed E-state index contributed by atoms with van der Waals surface area (Å²) in [7, 11) is 1.30. The van der Waals surface area contributed by atoms with E-state index in [9.17, 15) is 4.79 Å². The fraction of sp³-hybridized carbons (Fsp3) is 0.333. The van der Waals surface area contributed by atoms with E-state index in [1.807, 2.05) is 0 Å². The summed E-state index contributed by atoms with van der Waals surface area (Å²) in [6.07, 6.45) is 0.327. The van der Waals surface area contributed by atoms with E-state index >= 15 is 0 Å². The Labute approximate surface area is 87.0 Å². The highest BCUT2D eigenvalue weighted by Gasteiger charge is 2.14. The molecule has 14 heavy (non-hydrogen) atoms. The van der Waals surface area contributed by atoms with Crippen LogP contribution in [-0.4, -0.2) is 24.1 Å². The lowest BCUT2D eigenvalue weighted by molar-refractivity contribution is -0.142. The van der Waals surface area contributed by atoms with Crippen molar-refractivity contribution in [1.82, 2.24) is 4.98 Å². The van der Waals surface area contributed by atoms with Crippen LogP contribution in [0.1, 0.15) is 5.69 Å². The second-order valence-corrected chi connectivity index (χ2v) is 3.17. The van der Waals surface area contributed by atoms with Crippen LogP contribution >= 0.6 is 11.6 Å². The highest BCUT2D eigenvalue weighted by Crippen LogP contribution is 2.06.